The SMILES string of the molecule is Oc1cccc(C2SC=C3Sc4nnc(C5CCCCC5)n4N32)c1. The molecule has 124 valence electrons. The zero-order valence-electron chi connectivity index (χ0n) is 13.1. The first-order valence-electron chi connectivity index (χ1n) is 8.38. The van der Waals surface area contributed by atoms with Crippen molar-refractivity contribution in [2.75, 3.05) is 5.01 Å². The minimum Gasteiger partial charge on any atom is -0.508 e. The lowest BCUT2D eigenvalue weighted by molar-refractivity contribution is 0.411. The normalized spacial score (nSPS) is 23.2. The molecule has 5 rings (SSSR count). The number of phenols is 1. The van der Waals surface area contributed by atoms with Gasteiger partial charge in [0.05, 0.1) is 0 Å². The molecule has 3 aliphatic rings. The summed E-state index contributed by atoms with van der Waals surface area (Å²) in [4.78, 5) is 0. The summed E-state index contributed by atoms with van der Waals surface area (Å²) in [5.41, 5.74) is 1.10. The van der Waals surface area contributed by atoms with E-state index >= 15 is 0 Å². The quantitative estimate of drug-likeness (QED) is 0.863. The van der Waals surface area contributed by atoms with Crippen LogP contribution in [0.5, 0.6) is 5.75 Å². The summed E-state index contributed by atoms with van der Waals surface area (Å²) in [6.45, 7) is 0. The van der Waals surface area contributed by atoms with Crippen molar-refractivity contribution in [1.82, 2.24) is 14.9 Å². The van der Waals surface area contributed by atoms with Gasteiger partial charge in [-0.2, -0.15) is 0 Å². The van der Waals surface area contributed by atoms with Gasteiger partial charge in [-0.15, -0.1) is 10.2 Å². The first-order chi connectivity index (χ1) is 11.8. The van der Waals surface area contributed by atoms with Crippen molar-refractivity contribution in [2.24, 2.45) is 0 Å². The molecule has 3 heterocycles. The van der Waals surface area contributed by atoms with Crippen LogP contribution in [0.15, 0.2) is 39.9 Å². The highest BCUT2D eigenvalue weighted by Gasteiger charge is 2.41. The minimum absolute atomic E-state index is 0.124. The number of thioether (sulfide) groups is 2. The van der Waals surface area contributed by atoms with Crippen LogP contribution in [0.1, 0.15) is 54.8 Å². The first-order valence-corrected chi connectivity index (χ1v) is 10.1. The van der Waals surface area contributed by atoms with Crippen LogP contribution in [-0.4, -0.2) is 20.0 Å². The second kappa shape index (κ2) is 5.74. The molecule has 1 atom stereocenters. The molecule has 1 aliphatic carbocycles. The van der Waals surface area contributed by atoms with Crippen LogP contribution in [-0.2, 0) is 0 Å². The molecule has 1 saturated carbocycles. The molecule has 2 aromatic rings. The Morgan fingerprint density at radius 2 is 2.00 bits per heavy atom. The van der Waals surface area contributed by atoms with Gasteiger partial charge in [0.25, 0.3) is 0 Å². The second-order valence-electron chi connectivity index (χ2n) is 6.47. The summed E-state index contributed by atoms with van der Waals surface area (Å²) in [5.74, 6) is 1.92. The lowest BCUT2D eigenvalue weighted by Gasteiger charge is -2.28. The summed E-state index contributed by atoms with van der Waals surface area (Å²) in [6.07, 6.45) is 6.32. The molecule has 0 saturated heterocycles. The van der Waals surface area contributed by atoms with E-state index in [9.17, 15) is 5.11 Å². The van der Waals surface area contributed by atoms with Gasteiger partial charge in [-0.05, 0) is 42.3 Å². The van der Waals surface area contributed by atoms with Gasteiger partial charge in [0, 0.05) is 11.3 Å². The Balaban J connectivity index is 1.54. The largest absolute Gasteiger partial charge is 0.508 e. The van der Waals surface area contributed by atoms with E-state index in [-0.39, 0.29) is 5.37 Å². The maximum absolute atomic E-state index is 9.85. The van der Waals surface area contributed by atoms with E-state index in [4.69, 9.17) is 0 Å². The van der Waals surface area contributed by atoms with Gasteiger partial charge >= 0.3 is 0 Å². The molecule has 0 spiro atoms. The molecule has 5 nitrogen and oxygen atoms in total. The van der Waals surface area contributed by atoms with E-state index in [1.165, 1.54) is 37.1 Å². The Morgan fingerprint density at radius 1 is 1.12 bits per heavy atom. The van der Waals surface area contributed by atoms with Gasteiger partial charge in [-0.3, -0.25) is 5.01 Å². The standard InChI is InChI=1S/C17H18N4OS2/c22-13-8-4-7-12(9-13)16-20-14(10-23-16)24-17-19-18-15(21(17)20)11-5-2-1-3-6-11/h4,7-11,16,22H,1-3,5-6H2. The molecule has 1 aromatic carbocycles. The van der Waals surface area contributed by atoms with Crippen LogP contribution in [0.4, 0.5) is 0 Å². The van der Waals surface area contributed by atoms with Gasteiger partial charge in [0.2, 0.25) is 5.16 Å². The highest BCUT2D eigenvalue weighted by Crippen LogP contribution is 2.52. The third kappa shape index (κ3) is 2.25. The van der Waals surface area contributed by atoms with E-state index in [2.05, 4.69) is 31.4 Å². The maximum Gasteiger partial charge on any atom is 0.216 e. The average molecular weight is 358 g/mol. The van der Waals surface area contributed by atoms with Gasteiger partial charge < -0.3 is 5.11 Å². The number of phenolic OH excluding ortho intramolecular Hbond substituents is 1. The van der Waals surface area contributed by atoms with Crippen LogP contribution >= 0.6 is 23.5 Å². The van der Waals surface area contributed by atoms with Gasteiger partial charge in [0.1, 0.15) is 16.2 Å². The molecular weight excluding hydrogens is 340 g/mol. The number of rotatable bonds is 2. The van der Waals surface area contributed by atoms with E-state index in [0.29, 0.717) is 11.7 Å². The number of nitrogens with zero attached hydrogens (tertiary/aromatic N) is 4. The van der Waals surface area contributed by atoms with E-state index in [1.807, 2.05) is 12.1 Å². The smallest absolute Gasteiger partial charge is 0.216 e. The second-order valence-corrected chi connectivity index (χ2v) is 8.42. The van der Waals surface area contributed by atoms with Crippen LogP contribution in [0.25, 0.3) is 0 Å². The fourth-order valence-corrected chi connectivity index (χ4v) is 6.00. The third-order valence-corrected chi connectivity index (χ3v) is 7.11. The Kier molecular flexibility index (Phi) is 3.52. The average Bonchev–Trinajstić information content (AvgIpc) is 3.26. The molecule has 0 radical (unpaired) electrons. The van der Waals surface area contributed by atoms with Gasteiger partial charge in [-0.1, -0.05) is 43.2 Å². The van der Waals surface area contributed by atoms with E-state index in [0.717, 1.165) is 16.5 Å². The van der Waals surface area contributed by atoms with Crippen molar-refractivity contribution < 1.29 is 5.11 Å². The summed E-state index contributed by atoms with van der Waals surface area (Å²) in [6, 6.07) is 7.54. The Bertz CT molecular complexity index is 813. The number of hydrogen-bond donors (Lipinski definition) is 1. The minimum atomic E-state index is 0.124. The molecule has 0 bridgehead atoms. The van der Waals surface area contributed by atoms with E-state index in [1.54, 1.807) is 29.6 Å². The van der Waals surface area contributed by atoms with Crippen molar-refractivity contribution in [2.45, 2.75) is 48.6 Å². The fourth-order valence-electron chi connectivity index (χ4n) is 3.77. The lowest BCUT2D eigenvalue weighted by atomic mass is 9.89. The lowest BCUT2D eigenvalue weighted by Crippen LogP contribution is -2.31. The molecule has 1 fully saturated rings. The Hall–Kier alpha value is -1.60. The maximum atomic E-state index is 9.85. The number of fused-ring (bicyclic) bond motifs is 3. The highest BCUT2D eigenvalue weighted by atomic mass is 32.2. The Labute approximate surface area is 149 Å². The van der Waals surface area contributed by atoms with Crippen molar-refractivity contribution in [1.29, 1.82) is 0 Å². The van der Waals surface area contributed by atoms with Crippen molar-refractivity contribution in [3.63, 3.8) is 0 Å². The number of benzene rings is 1. The highest BCUT2D eigenvalue weighted by molar-refractivity contribution is 8.07. The predicted molar refractivity (Wildman–Crippen MR) is 96.4 cm³/mol. The number of aromatic hydroxyl groups is 1. The molecule has 2 aliphatic heterocycles. The Morgan fingerprint density at radius 3 is 2.83 bits per heavy atom. The topological polar surface area (TPSA) is 54.2 Å². The van der Waals surface area contributed by atoms with E-state index < -0.39 is 0 Å². The number of aromatic nitrogens is 3. The summed E-state index contributed by atoms with van der Waals surface area (Å²) in [5, 5.41) is 25.6. The molecular formula is C17H18N4OS2. The fraction of sp³-hybridized carbons (Fsp3) is 0.412. The van der Waals surface area contributed by atoms with Crippen LogP contribution in [0.3, 0.4) is 0 Å². The van der Waals surface area contributed by atoms with Crippen LogP contribution in [0, 0.1) is 0 Å². The molecule has 0 amide bonds. The molecule has 7 heteroatoms. The number of hydrogen-bond acceptors (Lipinski definition) is 6. The van der Waals surface area contributed by atoms with Gasteiger partial charge in [0.15, 0.2) is 5.82 Å². The van der Waals surface area contributed by atoms with Crippen LogP contribution in [0.2, 0.25) is 0 Å². The molecule has 1 unspecified atom stereocenters. The van der Waals surface area contributed by atoms with Crippen molar-refractivity contribution >= 4 is 23.5 Å². The third-order valence-electron chi connectivity index (χ3n) is 4.92. The molecule has 24 heavy (non-hydrogen) atoms. The molecule has 1 N–H and O–H groups in total. The monoisotopic (exact) mass is 358 g/mol. The zero-order valence-corrected chi connectivity index (χ0v) is 14.8. The summed E-state index contributed by atoms with van der Waals surface area (Å²) >= 11 is 3.46. The first kappa shape index (κ1) is 14.7. The van der Waals surface area contributed by atoms with Crippen molar-refractivity contribution in [3.8, 4) is 5.75 Å². The van der Waals surface area contributed by atoms with Crippen molar-refractivity contribution in [3.05, 3.63) is 46.1 Å². The zero-order chi connectivity index (χ0) is 16.1. The molecule has 1 aromatic heterocycles. The predicted octanol–water partition coefficient (Wildman–Crippen LogP) is 4.32. The summed E-state index contributed by atoms with van der Waals surface area (Å²) < 4.78 is 2.22. The van der Waals surface area contributed by atoms with Gasteiger partial charge in [-0.25, -0.2) is 4.68 Å². The van der Waals surface area contributed by atoms with Crippen LogP contribution < -0.4 is 5.01 Å². The summed E-state index contributed by atoms with van der Waals surface area (Å²) in [7, 11) is 0.